The van der Waals surface area contributed by atoms with Crippen molar-refractivity contribution in [3.05, 3.63) is 35.9 Å². The highest BCUT2D eigenvalue weighted by molar-refractivity contribution is 6.60. The van der Waals surface area contributed by atoms with Gasteiger partial charge in [0.15, 0.2) is 0 Å². The molecule has 0 atom stereocenters. The number of nitrogens with zero attached hydrogens (tertiary/aromatic N) is 1. The van der Waals surface area contributed by atoms with Gasteiger partial charge in [0.2, 0.25) is 0 Å². The van der Waals surface area contributed by atoms with Crippen LogP contribution >= 0.6 is 0 Å². The van der Waals surface area contributed by atoms with E-state index in [4.69, 9.17) is 13.3 Å². The van der Waals surface area contributed by atoms with E-state index in [1.54, 1.807) is 0 Å². The monoisotopic (exact) mass is 340 g/mol. The Hall–Kier alpha value is -0.723. The van der Waals surface area contributed by atoms with Crippen LogP contribution in [0.25, 0.3) is 0 Å². The zero-order chi connectivity index (χ0) is 17.2. The fourth-order valence-electron chi connectivity index (χ4n) is 2.88. The molecular formula is C18H34NO3Si+. The molecule has 0 aromatic heterocycles. The number of quaternary nitrogens is 1. The van der Waals surface area contributed by atoms with Gasteiger partial charge < -0.3 is 17.8 Å². The summed E-state index contributed by atoms with van der Waals surface area (Å²) in [4.78, 5) is 0. The van der Waals surface area contributed by atoms with Crippen molar-refractivity contribution in [2.45, 2.75) is 39.8 Å². The summed E-state index contributed by atoms with van der Waals surface area (Å²) in [5.41, 5.74) is 1.38. The van der Waals surface area contributed by atoms with Gasteiger partial charge in [0, 0.05) is 37.8 Å². The highest BCUT2D eigenvalue weighted by Gasteiger charge is 2.40. The van der Waals surface area contributed by atoms with Crippen LogP contribution in [0, 0.1) is 0 Å². The Bertz CT molecular complexity index is 409. The first kappa shape index (κ1) is 20.3. The Morgan fingerprint density at radius 1 is 0.870 bits per heavy atom. The third kappa shape index (κ3) is 7.59. The van der Waals surface area contributed by atoms with Crippen LogP contribution in [0.4, 0.5) is 0 Å². The third-order valence-electron chi connectivity index (χ3n) is 3.79. The molecule has 0 heterocycles. The summed E-state index contributed by atoms with van der Waals surface area (Å²) in [6.45, 7) is 10.1. The van der Waals surface area contributed by atoms with Crippen molar-refractivity contribution in [1.29, 1.82) is 0 Å². The Balaban J connectivity index is 2.56. The van der Waals surface area contributed by atoms with E-state index in [9.17, 15) is 0 Å². The molecule has 0 fully saturated rings. The molecule has 23 heavy (non-hydrogen) atoms. The first-order chi connectivity index (χ1) is 11.0. The van der Waals surface area contributed by atoms with Gasteiger partial charge in [-0.05, 0) is 20.8 Å². The first-order valence-electron chi connectivity index (χ1n) is 8.74. The van der Waals surface area contributed by atoms with Crippen LogP contribution in [-0.4, -0.2) is 53.7 Å². The fourth-order valence-corrected chi connectivity index (χ4v) is 5.48. The lowest BCUT2D eigenvalue weighted by atomic mass is 10.2. The van der Waals surface area contributed by atoms with Crippen LogP contribution in [0.3, 0.4) is 0 Å². The van der Waals surface area contributed by atoms with Crippen LogP contribution in [-0.2, 0) is 19.8 Å². The molecule has 0 radical (unpaired) electrons. The van der Waals surface area contributed by atoms with Crippen LogP contribution in [0.5, 0.6) is 0 Å². The molecule has 4 nitrogen and oxygen atoms in total. The zero-order valence-corrected chi connectivity index (χ0v) is 16.5. The molecule has 0 saturated heterocycles. The molecule has 0 N–H and O–H groups in total. The molecule has 132 valence electrons. The van der Waals surface area contributed by atoms with E-state index in [-0.39, 0.29) is 0 Å². The molecule has 0 aliphatic carbocycles. The molecule has 0 aliphatic rings. The highest BCUT2D eigenvalue weighted by Crippen LogP contribution is 2.20. The smallest absolute Gasteiger partial charge is 0.374 e. The third-order valence-corrected chi connectivity index (χ3v) is 6.94. The molecule has 0 amide bonds. The predicted molar refractivity (Wildman–Crippen MR) is 97.2 cm³/mol. The van der Waals surface area contributed by atoms with E-state index in [0.717, 1.165) is 30.0 Å². The van der Waals surface area contributed by atoms with Crippen LogP contribution < -0.4 is 0 Å². The van der Waals surface area contributed by atoms with Crippen LogP contribution in [0.2, 0.25) is 6.04 Å². The minimum Gasteiger partial charge on any atom is -0.374 e. The van der Waals surface area contributed by atoms with Gasteiger partial charge in [0.25, 0.3) is 0 Å². The SMILES string of the molecule is CCO[Si](CCC[N+](C)(C)Cc1ccccc1)(OCC)OCC. The lowest BCUT2D eigenvalue weighted by Gasteiger charge is -2.32. The normalized spacial score (nSPS) is 12.6. The van der Waals surface area contributed by atoms with Crippen molar-refractivity contribution >= 4 is 8.80 Å². The molecule has 5 heteroatoms. The summed E-state index contributed by atoms with van der Waals surface area (Å²) < 4.78 is 18.8. The molecule has 0 spiro atoms. The second-order valence-electron chi connectivity index (χ2n) is 6.39. The van der Waals surface area contributed by atoms with E-state index in [2.05, 4.69) is 44.4 Å². The molecule has 0 unspecified atom stereocenters. The fraction of sp³-hybridized carbons (Fsp3) is 0.667. The molecule has 1 aromatic rings. The highest BCUT2D eigenvalue weighted by atomic mass is 28.4. The largest absolute Gasteiger partial charge is 0.501 e. The van der Waals surface area contributed by atoms with Crippen LogP contribution in [0.15, 0.2) is 30.3 Å². The van der Waals surface area contributed by atoms with E-state index in [1.807, 2.05) is 20.8 Å². The number of hydrogen-bond acceptors (Lipinski definition) is 3. The van der Waals surface area contributed by atoms with Crippen molar-refractivity contribution in [1.82, 2.24) is 0 Å². The second kappa shape index (κ2) is 10.2. The van der Waals surface area contributed by atoms with E-state index >= 15 is 0 Å². The predicted octanol–water partition coefficient (Wildman–Crippen LogP) is 3.70. The van der Waals surface area contributed by atoms with Crippen molar-refractivity contribution in [2.75, 3.05) is 40.5 Å². The quantitative estimate of drug-likeness (QED) is 0.429. The van der Waals surface area contributed by atoms with Crippen molar-refractivity contribution < 1.29 is 17.8 Å². The minimum atomic E-state index is -2.50. The van der Waals surface area contributed by atoms with Crippen molar-refractivity contribution in [3.63, 3.8) is 0 Å². The first-order valence-corrected chi connectivity index (χ1v) is 10.7. The van der Waals surface area contributed by atoms with Gasteiger partial charge in [-0.25, -0.2) is 0 Å². The van der Waals surface area contributed by atoms with Gasteiger partial charge in [-0.1, -0.05) is 30.3 Å². The topological polar surface area (TPSA) is 27.7 Å². The average Bonchev–Trinajstić information content (AvgIpc) is 2.48. The number of rotatable bonds is 12. The molecule has 1 rings (SSSR count). The van der Waals surface area contributed by atoms with Gasteiger partial charge in [0.1, 0.15) is 6.54 Å². The second-order valence-corrected chi connectivity index (χ2v) is 9.12. The van der Waals surface area contributed by atoms with Gasteiger partial charge in [-0.15, -0.1) is 0 Å². The van der Waals surface area contributed by atoms with E-state index < -0.39 is 8.80 Å². The summed E-state index contributed by atoms with van der Waals surface area (Å²) >= 11 is 0. The Labute approximate surface area is 143 Å². The summed E-state index contributed by atoms with van der Waals surface area (Å²) in [6.07, 6.45) is 1.05. The van der Waals surface area contributed by atoms with Crippen molar-refractivity contribution in [2.24, 2.45) is 0 Å². The maximum Gasteiger partial charge on any atom is 0.501 e. The lowest BCUT2D eigenvalue weighted by Crippen LogP contribution is -2.47. The molecule has 1 aromatic carbocycles. The van der Waals surface area contributed by atoms with Gasteiger partial charge in [-0.2, -0.15) is 0 Å². The Morgan fingerprint density at radius 3 is 1.87 bits per heavy atom. The molecule has 0 bridgehead atoms. The summed E-state index contributed by atoms with van der Waals surface area (Å²) in [5.74, 6) is 0. The van der Waals surface area contributed by atoms with E-state index in [0.29, 0.717) is 19.8 Å². The van der Waals surface area contributed by atoms with E-state index in [1.165, 1.54) is 5.56 Å². The molecule has 0 saturated carbocycles. The van der Waals surface area contributed by atoms with Crippen LogP contribution in [0.1, 0.15) is 32.8 Å². The lowest BCUT2D eigenvalue weighted by molar-refractivity contribution is -0.903. The summed E-state index contributed by atoms with van der Waals surface area (Å²) in [5, 5.41) is 0. The minimum absolute atomic E-state index is 0.647. The van der Waals surface area contributed by atoms with Gasteiger partial charge >= 0.3 is 8.80 Å². The maximum atomic E-state index is 5.93. The molecule has 0 aliphatic heterocycles. The standard InChI is InChI=1S/C18H34NO3Si/c1-6-20-23(21-7-2,22-8-3)16-12-15-19(4,5)17-18-13-10-9-11-14-18/h9-11,13-14H,6-8,12,15-17H2,1-5H3/q+1. The Morgan fingerprint density at radius 2 is 1.39 bits per heavy atom. The van der Waals surface area contributed by atoms with Gasteiger partial charge in [0.05, 0.1) is 20.6 Å². The van der Waals surface area contributed by atoms with Crippen molar-refractivity contribution in [3.8, 4) is 0 Å². The summed E-state index contributed by atoms with van der Waals surface area (Å²) in [7, 11) is 2.05. The maximum absolute atomic E-state index is 5.93. The molecular weight excluding hydrogens is 306 g/mol. The summed E-state index contributed by atoms with van der Waals surface area (Å²) in [6, 6.07) is 11.5. The average molecular weight is 341 g/mol. The Kier molecular flexibility index (Phi) is 9.02. The van der Waals surface area contributed by atoms with Gasteiger partial charge in [-0.3, -0.25) is 0 Å². The number of benzene rings is 1. The number of hydrogen-bond donors (Lipinski definition) is 0. The zero-order valence-electron chi connectivity index (χ0n) is 15.5.